The maximum Gasteiger partial charge on any atom is 0.315 e. The first kappa shape index (κ1) is 19.7. The lowest BCUT2D eigenvalue weighted by molar-refractivity contribution is 0.240. The van der Waals surface area contributed by atoms with Crippen LogP contribution >= 0.6 is 0 Å². The molecule has 0 aliphatic rings. The lowest BCUT2D eigenvalue weighted by Gasteiger charge is -2.11. The van der Waals surface area contributed by atoms with E-state index in [4.69, 9.17) is 4.74 Å². The van der Waals surface area contributed by atoms with Gasteiger partial charge in [0.15, 0.2) is 0 Å². The third kappa shape index (κ3) is 5.49. The van der Waals surface area contributed by atoms with Gasteiger partial charge in [-0.05, 0) is 53.8 Å². The number of urea groups is 1. The van der Waals surface area contributed by atoms with Crippen molar-refractivity contribution in [3.05, 3.63) is 65.6 Å². The highest BCUT2D eigenvalue weighted by atomic mass is 19.1. The number of carbonyl (C=O) groups is 1. The number of hydrogen-bond acceptors (Lipinski definition) is 2. The van der Waals surface area contributed by atoms with Crippen LogP contribution in [0.4, 0.5) is 9.18 Å². The van der Waals surface area contributed by atoms with Gasteiger partial charge in [0.2, 0.25) is 0 Å². The lowest BCUT2D eigenvalue weighted by Crippen LogP contribution is -2.36. The van der Waals surface area contributed by atoms with Gasteiger partial charge in [0.1, 0.15) is 11.6 Å². The van der Waals surface area contributed by atoms with Crippen molar-refractivity contribution < 1.29 is 13.9 Å². The number of benzene rings is 2. The zero-order valence-electron chi connectivity index (χ0n) is 16.2. The molecule has 148 valence electrons. The van der Waals surface area contributed by atoms with E-state index in [0.717, 1.165) is 27.8 Å². The SMILES string of the molecule is CC(C)COc1cccc(CNC(=O)NCCc2c[nH]c3ccc(F)cc23)c1. The topological polar surface area (TPSA) is 66.2 Å². The predicted octanol–water partition coefficient (Wildman–Crippen LogP) is 4.38. The van der Waals surface area contributed by atoms with Crippen LogP contribution in [0.25, 0.3) is 10.9 Å². The number of hydrogen-bond donors (Lipinski definition) is 3. The van der Waals surface area contributed by atoms with Gasteiger partial charge in [-0.2, -0.15) is 0 Å². The summed E-state index contributed by atoms with van der Waals surface area (Å²) in [6.07, 6.45) is 2.47. The van der Waals surface area contributed by atoms with Gasteiger partial charge in [0.25, 0.3) is 0 Å². The highest BCUT2D eigenvalue weighted by Gasteiger charge is 2.06. The first-order valence-electron chi connectivity index (χ1n) is 9.50. The second kappa shape index (κ2) is 9.26. The molecule has 2 aromatic carbocycles. The third-order valence-corrected chi connectivity index (χ3v) is 4.34. The maximum atomic E-state index is 13.4. The molecule has 5 nitrogen and oxygen atoms in total. The smallest absolute Gasteiger partial charge is 0.315 e. The molecule has 0 aliphatic heterocycles. The van der Waals surface area contributed by atoms with Crippen LogP contribution < -0.4 is 15.4 Å². The van der Waals surface area contributed by atoms with Gasteiger partial charge in [0, 0.05) is 30.2 Å². The number of rotatable bonds is 8. The van der Waals surface area contributed by atoms with Crippen LogP contribution in [-0.2, 0) is 13.0 Å². The summed E-state index contributed by atoms with van der Waals surface area (Å²) >= 11 is 0. The molecule has 3 rings (SSSR count). The van der Waals surface area contributed by atoms with Crippen molar-refractivity contribution in [2.75, 3.05) is 13.2 Å². The standard InChI is InChI=1S/C22H26FN3O2/c1-15(2)14-28-19-5-3-4-16(10-19)12-26-22(27)24-9-8-17-13-25-21-7-6-18(23)11-20(17)21/h3-7,10-11,13,15,25H,8-9,12,14H2,1-2H3,(H2,24,26,27). The Hall–Kier alpha value is -3.02. The Morgan fingerprint density at radius 1 is 1.18 bits per heavy atom. The molecule has 2 amide bonds. The number of ether oxygens (including phenoxy) is 1. The molecule has 6 heteroatoms. The Morgan fingerprint density at radius 3 is 2.86 bits per heavy atom. The Balaban J connectivity index is 1.44. The molecule has 0 spiro atoms. The Labute approximate surface area is 164 Å². The van der Waals surface area contributed by atoms with Crippen molar-refractivity contribution in [1.29, 1.82) is 0 Å². The molecule has 3 aromatic rings. The first-order valence-corrected chi connectivity index (χ1v) is 9.50. The van der Waals surface area contributed by atoms with E-state index in [-0.39, 0.29) is 11.8 Å². The fraction of sp³-hybridized carbons (Fsp3) is 0.318. The molecule has 0 aliphatic carbocycles. The molecular weight excluding hydrogens is 357 g/mol. The van der Waals surface area contributed by atoms with Gasteiger partial charge in [-0.15, -0.1) is 0 Å². The van der Waals surface area contributed by atoms with Crippen LogP contribution in [0.15, 0.2) is 48.7 Å². The van der Waals surface area contributed by atoms with E-state index in [1.807, 2.05) is 30.5 Å². The van der Waals surface area contributed by atoms with E-state index in [1.165, 1.54) is 12.1 Å². The van der Waals surface area contributed by atoms with Gasteiger partial charge < -0.3 is 20.4 Å². The van der Waals surface area contributed by atoms with Crippen molar-refractivity contribution in [3.63, 3.8) is 0 Å². The summed E-state index contributed by atoms with van der Waals surface area (Å²) < 4.78 is 19.1. The summed E-state index contributed by atoms with van der Waals surface area (Å²) in [6, 6.07) is 12.1. The fourth-order valence-electron chi connectivity index (χ4n) is 2.92. The van der Waals surface area contributed by atoms with E-state index >= 15 is 0 Å². The normalized spacial score (nSPS) is 11.0. The van der Waals surface area contributed by atoms with Crippen molar-refractivity contribution in [2.24, 2.45) is 5.92 Å². The molecule has 1 heterocycles. The monoisotopic (exact) mass is 383 g/mol. The number of aromatic amines is 1. The van der Waals surface area contributed by atoms with E-state index < -0.39 is 0 Å². The molecule has 0 fully saturated rings. The number of carbonyl (C=O) groups excluding carboxylic acids is 1. The zero-order valence-corrected chi connectivity index (χ0v) is 16.2. The van der Waals surface area contributed by atoms with Crippen LogP contribution in [0.3, 0.4) is 0 Å². The summed E-state index contributed by atoms with van der Waals surface area (Å²) in [5, 5.41) is 6.53. The molecule has 3 N–H and O–H groups in total. The number of fused-ring (bicyclic) bond motifs is 1. The summed E-state index contributed by atoms with van der Waals surface area (Å²) in [5.41, 5.74) is 2.84. The van der Waals surface area contributed by atoms with Crippen LogP contribution in [0.2, 0.25) is 0 Å². The highest BCUT2D eigenvalue weighted by Crippen LogP contribution is 2.19. The highest BCUT2D eigenvalue weighted by molar-refractivity contribution is 5.83. The maximum absolute atomic E-state index is 13.4. The first-order chi connectivity index (χ1) is 13.5. The molecule has 0 saturated carbocycles. The largest absolute Gasteiger partial charge is 0.493 e. The van der Waals surface area contributed by atoms with E-state index in [9.17, 15) is 9.18 Å². The Morgan fingerprint density at radius 2 is 2.04 bits per heavy atom. The summed E-state index contributed by atoms with van der Waals surface area (Å²) in [7, 11) is 0. The van der Waals surface area contributed by atoms with Crippen LogP contribution in [0, 0.1) is 11.7 Å². The van der Waals surface area contributed by atoms with Crippen LogP contribution in [0.5, 0.6) is 5.75 Å². The Bertz CT molecular complexity index is 936. The van der Waals surface area contributed by atoms with Crippen molar-refractivity contribution in [1.82, 2.24) is 15.6 Å². The second-order valence-corrected chi connectivity index (χ2v) is 7.22. The molecule has 0 bridgehead atoms. The zero-order chi connectivity index (χ0) is 19.9. The van der Waals surface area contributed by atoms with Crippen molar-refractivity contribution >= 4 is 16.9 Å². The quantitative estimate of drug-likeness (QED) is 0.540. The predicted molar refractivity (Wildman–Crippen MR) is 109 cm³/mol. The summed E-state index contributed by atoms with van der Waals surface area (Å²) in [5.74, 6) is 1.000. The van der Waals surface area contributed by atoms with Crippen LogP contribution in [-0.4, -0.2) is 24.2 Å². The molecule has 28 heavy (non-hydrogen) atoms. The number of nitrogens with one attached hydrogen (secondary N) is 3. The molecular formula is C22H26FN3O2. The van der Waals surface area contributed by atoms with Gasteiger partial charge in [-0.1, -0.05) is 26.0 Å². The van der Waals surface area contributed by atoms with Crippen molar-refractivity contribution in [2.45, 2.75) is 26.8 Å². The van der Waals surface area contributed by atoms with Gasteiger partial charge in [-0.25, -0.2) is 9.18 Å². The molecule has 0 atom stereocenters. The second-order valence-electron chi connectivity index (χ2n) is 7.22. The third-order valence-electron chi connectivity index (χ3n) is 4.34. The molecule has 0 unspecified atom stereocenters. The van der Waals surface area contributed by atoms with Crippen LogP contribution in [0.1, 0.15) is 25.0 Å². The number of aromatic nitrogens is 1. The average Bonchev–Trinajstić information content (AvgIpc) is 3.07. The van der Waals surface area contributed by atoms with Crippen molar-refractivity contribution in [3.8, 4) is 5.75 Å². The van der Waals surface area contributed by atoms with E-state index in [0.29, 0.717) is 32.0 Å². The lowest BCUT2D eigenvalue weighted by atomic mass is 10.1. The number of H-pyrrole nitrogens is 1. The summed E-state index contributed by atoms with van der Waals surface area (Å²) in [4.78, 5) is 15.2. The number of halogens is 1. The van der Waals surface area contributed by atoms with Gasteiger partial charge in [0.05, 0.1) is 6.61 Å². The summed E-state index contributed by atoms with van der Waals surface area (Å²) in [6.45, 7) is 5.75. The van der Waals surface area contributed by atoms with E-state index in [1.54, 1.807) is 6.07 Å². The average molecular weight is 383 g/mol. The van der Waals surface area contributed by atoms with Gasteiger partial charge in [-0.3, -0.25) is 0 Å². The minimum absolute atomic E-state index is 0.237. The minimum Gasteiger partial charge on any atom is -0.493 e. The number of amides is 2. The molecule has 0 saturated heterocycles. The fourth-order valence-corrected chi connectivity index (χ4v) is 2.92. The van der Waals surface area contributed by atoms with Gasteiger partial charge >= 0.3 is 6.03 Å². The molecule has 0 radical (unpaired) electrons. The Kier molecular flexibility index (Phi) is 6.53. The minimum atomic E-state index is -0.265. The molecule has 1 aromatic heterocycles. The van der Waals surface area contributed by atoms with E-state index in [2.05, 4.69) is 29.5 Å².